The monoisotopic (exact) mass is 421 g/mol. The molecule has 3 aromatic rings. The maximum atomic E-state index is 13.4. The van der Waals surface area contributed by atoms with Crippen molar-refractivity contribution in [3.63, 3.8) is 0 Å². The van der Waals surface area contributed by atoms with Crippen LogP contribution in [0.15, 0.2) is 42.7 Å². The van der Waals surface area contributed by atoms with Gasteiger partial charge in [0.05, 0.1) is 22.5 Å². The molecule has 7 heteroatoms. The molecule has 1 fully saturated rings. The lowest BCUT2D eigenvalue weighted by Gasteiger charge is -2.30. The predicted octanol–water partition coefficient (Wildman–Crippen LogP) is 4.49. The number of rotatable bonds is 4. The Morgan fingerprint density at radius 3 is 2.73 bits per heavy atom. The fourth-order valence-corrected chi connectivity index (χ4v) is 4.56. The quantitative estimate of drug-likeness (QED) is 0.673. The number of nitrogens with zero attached hydrogens (tertiary/aromatic N) is 4. The first-order chi connectivity index (χ1) is 14.3. The number of carbonyl (C=O) groups is 1. The molecule has 1 amide bonds. The largest absolute Gasteiger partial charge is 0.342 e. The average Bonchev–Trinajstić information content (AvgIpc) is 3.22. The zero-order valence-electron chi connectivity index (χ0n) is 17.3. The molecule has 2 aliphatic rings. The Balaban J connectivity index is 1.51. The smallest absolute Gasteiger partial charge is 0.272 e. The SMILES string of the molecule is CC(C)(C)[C@H](NC(=O)c1nn(-c2ccc(Cl)cn2)c2c1C[C@H]1C[C@@H]21)c1ccccn1. The van der Waals surface area contributed by atoms with Crippen molar-refractivity contribution < 1.29 is 4.79 Å². The van der Waals surface area contributed by atoms with E-state index < -0.39 is 0 Å². The molecule has 1 saturated carbocycles. The van der Waals surface area contributed by atoms with E-state index in [0.29, 0.717) is 28.4 Å². The van der Waals surface area contributed by atoms with Crippen LogP contribution in [0, 0.1) is 11.3 Å². The van der Waals surface area contributed by atoms with Crippen LogP contribution in [0.5, 0.6) is 0 Å². The van der Waals surface area contributed by atoms with Gasteiger partial charge in [0.2, 0.25) is 0 Å². The van der Waals surface area contributed by atoms with E-state index in [0.717, 1.165) is 29.8 Å². The molecule has 154 valence electrons. The minimum atomic E-state index is -0.225. The maximum absolute atomic E-state index is 13.4. The number of carbonyl (C=O) groups excluding carboxylic acids is 1. The van der Waals surface area contributed by atoms with Crippen molar-refractivity contribution in [2.45, 2.75) is 45.6 Å². The van der Waals surface area contributed by atoms with Crippen LogP contribution >= 0.6 is 11.6 Å². The number of pyridine rings is 2. The van der Waals surface area contributed by atoms with Gasteiger partial charge in [-0.05, 0) is 48.4 Å². The highest BCUT2D eigenvalue weighted by atomic mass is 35.5. The molecular formula is C23H24ClN5O. The number of aromatic nitrogens is 4. The van der Waals surface area contributed by atoms with E-state index in [2.05, 4.69) is 36.1 Å². The molecule has 3 heterocycles. The molecule has 0 radical (unpaired) electrons. The van der Waals surface area contributed by atoms with Crippen molar-refractivity contribution >= 4 is 17.5 Å². The molecule has 0 spiro atoms. The maximum Gasteiger partial charge on any atom is 0.272 e. The Kier molecular flexibility index (Phi) is 4.43. The van der Waals surface area contributed by atoms with Gasteiger partial charge in [0, 0.05) is 23.9 Å². The molecule has 3 aromatic heterocycles. The van der Waals surface area contributed by atoms with Crippen molar-refractivity contribution in [1.29, 1.82) is 0 Å². The van der Waals surface area contributed by atoms with Gasteiger partial charge in [-0.15, -0.1) is 0 Å². The summed E-state index contributed by atoms with van der Waals surface area (Å²) >= 11 is 6.00. The van der Waals surface area contributed by atoms with Gasteiger partial charge in [0.1, 0.15) is 0 Å². The van der Waals surface area contributed by atoms with Gasteiger partial charge in [-0.25, -0.2) is 9.67 Å². The molecule has 0 aromatic carbocycles. The third kappa shape index (κ3) is 3.29. The normalized spacial score (nSPS) is 20.4. The molecule has 30 heavy (non-hydrogen) atoms. The Labute approximate surface area is 180 Å². The van der Waals surface area contributed by atoms with Crippen molar-refractivity contribution in [1.82, 2.24) is 25.1 Å². The van der Waals surface area contributed by atoms with Gasteiger partial charge in [0.15, 0.2) is 11.5 Å². The zero-order chi connectivity index (χ0) is 21.0. The molecule has 3 atom stereocenters. The minimum Gasteiger partial charge on any atom is -0.342 e. The van der Waals surface area contributed by atoms with E-state index in [9.17, 15) is 4.79 Å². The number of hydrogen-bond donors (Lipinski definition) is 1. The van der Waals surface area contributed by atoms with Crippen LogP contribution in [-0.4, -0.2) is 25.7 Å². The molecule has 0 unspecified atom stereocenters. The highest BCUT2D eigenvalue weighted by Crippen LogP contribution is 2.57. The van der Waals surface area contributed by atoms with Crippen molar-refractivity contribution in [2.75, 3.05) is 0 Å². The van der Waals surface area contributed by atoms with Gasteiger partial charge in [-0.2, -0.15) is 5.10 Å². The van der Waals surface area contributed by atoms with Crippen LogP contribution in [0.2, 0.25) is 5.02 Å². The molecule has 0 aliphatic heterocycles. The number of nitrogens with one attached hydrogen (secondary N) is 1. The molecule has 0 saturated heterocycles. The highest BCUT2D eigenvalue weighted by molar-refractivity contribution is 6.30. The second-order valence-corrected chi connectivity index (χ2v) is 9.73. The van der Waals surface area contributed by atoms with Gasteiger partial charge in [-0.3, -0.25) is 9.78 Å². The van der Waals surface area contributed by atoms with Crippen LogP contribution in [-0.2, 0) is 6.42 Å². The summed E-state index contributed by atoms with van der Waals surface area (Å²) in [5.41, 5.74) is 3.33. The third-order valence-electron chi connectivity index (χ3n) is 6.03. The Morgan fingerprint density at radius 1 is 1.23 bits per heavy atom. The topological polar surface area (TPSA) is 72.7 Å². The lowest BCUT2D eigenvalue weighted by Crippen LogP contribution is -2.37. The number of fused-ring (bicyclic) bond motifs is 3. The van der Waals surface area contributed by atoms with Crippen molar-refractivity contribution in [3.8, 4) is 5.82 Å². The lowest BCUT2D eigenvalue weighted by molar-refractivity contribution is 0.0893. The summed E-state index contributed by atoms with van der Waals surface area (Å²) in [5, 5.41) is 8.50. The Hall–Kier alpha value is -2.73. The molecule has 6 nitrogen and oxygen atoms in total. The van der Waals surface area contributed by atoms with E-state index in [4.69, 9.17) is 16.7 Å². The van der Waals surface area contributed by atoms with Gasteiger partial charge in [0.25, 0.3) is 5.91 Å². The molecular weight excluding hydrogens is 398 g/mol. The van der Waals surface area contributed by atoms with E-state index in [-0.39, 0.29) is 17.4 Å². The van der Waals surface area contributed by atoms with Crippen LogP contribution in [0.4, 0.5) is 0 Å². The number of hydrogen-bond acceptors (Lipinski definition) is 4. The first kappa shape index (κ1) is 19.2. The van der Waals surface area contributed by atoms with Gasteiger partial charge >= 0.3 is 0 Å². The second kappa shape index (κ2) is 6.91. The molecule has 0 bridgehead atoms. The molecule has 5 rings (SSSR count). The standard InChI is InChI=1S/C23H24ClN5O/c1-23(2,3)21(17-6-4-5-9-25-17)27-22(30)19-16-11-13-10-15(13)20(16)29(28-19)18-8-7-14(24)12-26-18/h4-9,12-13,15,21H,10-11H2,1-3H3,(H,27,30)/t13-,15-,21-/m1/s1. The second-order valence-electron chi connectivity index (χ2n) is 9.29. The predicted molar refractivity (Wildman–Crippen MR) is 115 cm³/mol. The van der Waals surface area contributed by atoms with Gasteiger partial charge in [-0.1, -0.05) is 38.4 Å². The number of halogens is 1. The van der Waals surface area contributed by atoms with E-state index in [1.807, 2.05) is 28.9 Å². The van der Waals surface area contributed by atoms with Crippen LogP contribution in [0.3, 0.4) is 0 Å². The van der Waals surface area contributed by atoms with E-state index >= 15 is 0 Å². The Morgan fingerprint density at radius 2 is 2.07 bits per heavy atom. The summed E-state index contributed by atoms with van der Waals surface area (Å²) < 4.78 is 1.84. The number of amides is 1. The first-order valence-corrected chi connectivity index (χ1v) is 10.7. The summed E-state index contributed by atoms with van der Waals surface area (Å²) in [6, 6.07) is 9.19. The zero-order valence-corrected chi connectivity index (χ0v) is 18.0. The van der Waals surface area contributed by atoms with E-state index in [1.165, 1.54) is 0 Å². The van der Waals surface area contributed by atoms with Gasteiger partial charge < -0.3 is 5.32 Å². The average molecular weight is 422 g/mol. The summed E-state index contributed by atoms with van der Waals surface area (Å²) in [6.45, 7) is 6.30. The molecule has 2 aliphatic carbocycles. The minimum absolute atomic E-state index is 0.161. The Bertz CT molecular complexity index is 1100. The van der Waals surface area contributed by atoms with Crippen molar-refractivity contribution in [2.24, 2.45) is 11.3 Å². The van der Waals surface area contributed by atoms with Crippen LogP contribution < -0.4 is 5.32 Å². The van der Waals surface area contributed by atoms with Crippen LogP contribution in [0.1, 0.15) is 66.6 Å². The summed E-state index contributed by atoms with van der Waals surface area (Å²) in [4.78, 5) is 22.3. The van der Waals surface area contributed by atoms with Crippen LogP contribution in [0.25, 0.3) is 5.82 Å². The van der Waals surface area contributed by atoms with E-state index in [1.54, 1.807) is 18.5 Å². The molecule has 1 N–H and O–H groups in total. The lowest BCUT2D eigenvalue weighted by atomic mass is 9.84. The first-order valence-electron chi connectivity index (χ1n) is 10.3. The summed E-state index contributed by atoms with van der Waals surface area (Å²) in [6.07, 6.45) is 5.43. The highest BCUT2D eigenvalue weighted by Gasteiger charge is 2.50. The third-order valence-corrected chi connectivity index (χ3v) is 6.26. The van der Waals surface area contributed by atoms with Crippen molar-refractivity contribution in [3.05, 3.63) is 70.4 Å². The fraction of sp³-hybridized carbons (Fsp3) is 0.391. The fourth-order valence-electron chi connectivity index (χ4n) is 4.45. The summed E-state index contributed by atoms with van der Waals surface area (Å²) in [7, 11) is 0. The summed E-state index contributed by atoms with van der Waals surface area (Å²) in [5.74, 6) is 1.63.